The predicted octanol–water partition coefficient (Wildman–Crippen LogP) is 2.29. The van der Waals surface area contributed by atoms with Crippen LogP contribution in [0.3, 0.4) is 0 Å². The molecule has 0 bridgehead atoms. The van der Waals surface area contributed by atoms with Gasteiger partial charge in [-0.05, 0) is 18.2 Å². The number of hydrogen-bond donors (Lipinski definition) is 1. The van der Waals surface area contributed by atoms with Crippen LogP contribution in [0.4, 0.5) is 0 Å². The number of aromatic hydroxyl groups is 1. The number of nitro groups is 1. The van der Waals surface area contributed by atoms with Crippen LogP contribution in [0, 0.1) is 10.1 Å². The summed E-state index contributed by atoms with van der Waals surface area (Å²) in [5.41, 5.74) is 0.323. The monoisotopic (exact) mass is 199 g/mol. The Balaban J connectivity index is 3.00. The van der Waals surface area contributed by atoms with Gasteiger partial charge in [-0.15, -0.1) is 0 Å². The standard InChI is InChI=1S/C8H6ClNO3/c9-7-1-2-8(11)6(5-7)3-4-10(12)13/h1-5,11H/b4-3-. The van der Waals surface area contributed by atoms with Crippen molar-refractivity contribution in [3.8, 4) is 5.75 Å². The second-order valence-electron chi connectivity index (χ2n) is 2.30. The van der Waals surface area contributed by atoms with Crippen LogP contribution in [0.5, 0.6) is 5.75 Å². The lowest BCUT2D eigenvalue weighted by atomic mass is 10.2. The molecule has 1 aromatic carbocycles. The SMILES string of the molecule is O=[N+]([O-])/C=C\c1cc(Cl)ccc1O. The van der Waals surface area contributed by atoms with Gasteiger partial charge < -0.3 is 5.11 Å². The molecule has 4 nitrogen and oxygen atoms in total. The summed E-state index contributed by atoms with van der Waals surface area (Å²) in [5.74, 6) is -0.0394. The molecule has 1 rings (SSSR count). The van der Waals surface area contributed by atoms with Gasteiger partial charge in [0.05, 0.1) is 4.92 Å². The Morgan fingerprint density at radius 2 is 2.23 bits per heavy atom. The minimum atomic E-state index is -0.611. The molecule has 0 radical (unpaired) electrons. The molecule has 5 heteroatoms. The van der Waals surface area contributed by atoms with E-state index in [4.69, 9.17) is 11.6 Å². The van der Waals surface area contributed by atoms with Gasteiger partial charge in [0.15, 0.2) is 0 Å². The molecule has 0 saturated heterocycles. The maximum atomic E-state index is 9.97. The number of rotatable bonds is 2. The number of benzene rings is 1. The molecule has 1 aromatic rings. The third-order valence-electron chi connectivity index (χ3n) is 1.37. The summed E-state index contributed by atoms with van der Waals surface area (Å²) in [6.45, 7) is 0. The predicted molar refractivity (Wildman–Crippen MR) is 49.1 cm³/mol. The summed E-state index contributed by atoms with van der Waals surface area (Å²) < 4.78 is 0. The van der Waals surface area contributed by atoms with Crippen molar-refractivity contribution in [2.75, 3.05) is 0 Å². The van der Waals surface area contributed by atoms with E-state index in [1.807, 2.05) is 0 Å². The summed E-state index contributed by atoms with van der Waals surface area (Å²) in [4.78, 5) is 9.36. The summed E-state index contributed by atoms with van der Waals surface area (Å²) in [7, 11) is 0. The molecule has 0 unspecified atom stereocenters. The molecule has 0 aliphatic carbocycles. The van der Waals surface area contributed by atoms with Crippen molar-refractivity contribution in [1.82, 2.24) is 0 Å². The number of phenolic OH excluding ortho intramolecular Hbond substituents is 1. The van der Waals surface area contributed by atoms with Crippen molar-refractivity contribution in [2.24, 2.45) is 0 Å². The highest BCUT2D eigenvalue weighted by Gasteiger charge is 1.99. The van der Waals surface area contributed by atoms with E-state index in [0.29, 0.717) is 10.6 Å². The molecule has 0 aliphatic rings. The third kappa shape index (κ3) is 2.76. The van der Waals surface area contributed by atoms with Crippen molar-refractivity contribution in [1.29, 1.82) is 0 Å². The van der Waals surface area contributed by atoms with Crippen molar-refractivity contribution in [3.05, 3.63) is 45.1 Å². The summed E-state index contributed by atoms with van der Waals surface area (Å²) in [5, 5.41) is 19.6. The summed E-state index contributed by atoms with van der Waals surface area (Å²) in [6, 6.07) is 4.32. The lowest BCUT2D eigenvalue weighted by molar-refractivity contribution is -0.400. The number of halogens is 1. The zero-order valence-corrected chi connectivity index (χ0v) is 7.23. The van der Waals surface area contributed by atoms with Crippen LogP contribution in [0.15, 0.2) is 24.4 Å². The first-order valence-electron chi connectivity index (χ1n) is 3.40. The maximum absolute atomic E-state index is 9.97. The Kier molecular flexibility index (Phi) is 2.87. The van der Waals surface area contributed by atoms with E-state index in [-0.39, 0.29) is 5.75 Å². The third-order valence-corrected chi connectivity index (χ3v) is 1.60. The van der Waals surface area contributed by atoms with E-state index in [2.05, 4.69) is 0 Å². The second-order valence-corrected chi connectivity index (χ2v) is 2.74. The average molecular weight is 200 g/mol. The summed E-state index contributed by atoms with van der Waals surface area (Å²) >= 11 is 5.62. The van der Waals surface area contributed by atoms with Crippen molar-refractivity contribution in [3.63, 3.8) is 0 Å². The van der Waals surface area contributed by atoms with Gasteiger partial charge in [0.2, 0.25) is 6.20 Å². The van der Waals surface area contributed by atoms with Crippen LogP contribution in [0.1, 0.15) is 5.56 Å². The van der Waals surface area contributed by atoms with Gasteiger partial charge in [-0.1, -0.05) is 11.6 Å². The first kappa shape index (κ1) is 9.54. The molecular formula is C8H6ClNO3. The van der Waals surface area contributed by atoms with Crippen LogP contribution in [0.2, 0.25) is 5.02 Å². The lowest BCUT2D eigenvalue weighted by Crippen LogP contribution is -1.82. The quantitative estimate of drug-likeness (QED) is 0.587. The smallest absolute Gasteiger partial charge is 0.235 e. The first-order valence-corrected chi connectivity index (χ1v) is 3.77. The molecule has 1 N–H and O–H groups in total. The Hall–Kier alpha value is -1.55. The minimum absolute atomic E-state index is 0.0394. The fraction of sp³-hybridized carbons (Fsp3) is 0. The second kappa shape index (κ2) is 3.91. The number of phenols is 1. The van der Waals surface area contributed by atoms with Gasteiger partial charge in [0.1, 0.15) is 5.75 Å². The Morgan fingerprint density at radius 3 is 2.85 bits per heavy atom. The molecule has 0 amide bonds. The highest BCUT2D eigenvalue weighted by molar-refractivity contribution is 6.30. The van der Waals surface area contributed by atoms with E-state index in [1.54, 1.807) is 0 Å². The molecule has 13 heavy (non-hydrogen) atoms. The molecule has 0 fully saturated rings. The summed E-state index contributed by atoms with van der Waals surface area (Å²) in [6.07, 6.45) is 1.92. The van der Waals surface area contributed by atoms with Crippen LogP contribution >= 0.6 is 11.6 Å². The van der Waals surface area contributed by atoms with Gasteiger partial charge >= 0.3 is 0 Å². The molecule has 0 aliphatic heterocycles. The maximum Gasteiger partial charge on any atom is 0.235 e. The fourth-order valence-electron chi connectivity index (χ4n) is 0.800. The van der Waals surface area contributed by atoms with Gasteiger partial charge in [-0.3, -0.25) is 10.1 Å². The van der Waals surface area contributed by atoms with Gasteiger partial charge in [-0.25, -0.2) is 0 Å². The van der Waals surface area contributed by atoms with Crippen LogP contribution in [0.25, 0.3) is 6.08 Å². The van der Waals surface area contributed by atoms with Gasteiger partial charge in [0.25, 0.3) is 0 Å². The zero-order chi connectivity index (χ0) is 9.84. The normalized spacial score (nSPS) is 10.5. The number of nitrogens with zero attached hydrogens (tertiary/aromatic N) is 1. The van der Waals surface area contributed by atoms with Crippen LogP contribution in [-0.4, -0.2) is 10.0 Å². The van der Waals surface area contributed by atoms with Crippen molar-refractivity contribution < 1.29 is 10.0 Å². The van der Waals surface area contributed by atoms with Crippen molar-refractivity contribution in [2.45, 2.75) is 0 Å². The van der Waals surface area contributed by atoms with E-state index < -0.39 is 4.92 Å². The fourth-order valence-corrected chi connectivity index (χ4v) is 0.981. The van der Waals surface area contributed by atoms with E-state index in [1.165, 1.54) is 24.3 Å². The van der Waals surface area contributed by atoms with Crippen molar-refractivity contribution >= 4 is 17.7 Å². The highest BCUT2D eigenvalue weighted by Crippen LogP contribution is 2.22. The van der Waals surface area contributed by atoms with E-state index >= 15 is 0 Å². The molecule has 0 atom stereocenters. The van der Waals surface area contributed by atoms with E-state index in [9.17, 15) is 15.2 Å². The average Bonchev–Trinajstić information content (AvgIpc) is 2.06. The largest absolute Gasteiger partial charge is 0.507 e. The highest BCUT2D eigenvalue weighted by atomic mass is 35.5. The molecule has 0 saturated carbocycles. The molecular weight excluding hydrogens is 194 g/mol. The lowest BCUT2D eigenvalue weighted by Gasteiger charge is -1.97. The van der Waals surface area contributed by atoms with Crippen LogP contribution in [-0.2, 0) is 0 Å². The Bertz CT molecular complexity index is 362. The molecule has 0 spiro atoms. The molecule has 0 heterocycles. The van der Waals surface area contributed by atoms with Gasteiger partial charge in [0, 0.05) is 16.7 Å². The topological polar surface area (TPSA) is 63.4 Å². The Morgan fingerprint density at radius 1 is 1.54 bits per heavy atom. The number of hydrogen-bond acceptors (Lipinski definition) is 3. The molecule has 68 valence electrons. The minimum Gasteiger partial charge on any atom is -0.507 e. The van der Waals surface area contributed by atoms with Crippen LogP contribution < -0.4 is 0 Å². The zero-order valence-electron chi connectivity index (χ0n) is 6.48. The molecule has 0 aromatic heterocycles. The van der Waals surface area contributed by atoms with Gasteiger partial charge in [-0.2, -0.15) is 0 Å². The Labute approximate surface area is 79.2 Å². The first-order chi connectivity index (χ1) is 6.09. The van der Waals surface area contributed by atoms with E-state index in [0.717, 1.165) is 6.20 Å².